The van der Waals surface area contributed by atoms with Crippen LogP contribution in [0.3, 0.4) is 0 Å². The predicted molar refractivity (Wildman–Crippen MR) is 58.4 cm³/mol. The Kier molecular flexibility index (Phi) is 2.47. The number of hydrogen-bond donors (Lipinski definition) is 1. The molecule has 0 aliphatic heterocycles. The molecule has 6 heteroatoms. The molecule has 84 valence electrons. The third kappa shape index (κ3) is 1.81. The minimum Gasteiger partial charge on any atom is -0.314 e. The Bertz CT molecular complexity index is 592. The van der Waals surface area contributed by atoms with Gasteiger partial charge in [-0.2, -0.15) is 5.10 Å². The summed E-state index contributed by atoms with van der Waals surface area (Å²) in [6, 6.07) is 3.17. The lowest BCUT2D eigenvalue weighted by atomic mass is 10.3. The Morgan fingerprint density at radius 3 is 2.75 bits per heavy atom. The molecule has 2 aromatic heterocycles. The van der Waals surface area contributed by atoms with E-state index in [9.17, 15) is 9.59 Å². The zero-order valence-corrected chi connectivity index (χ0v) is 9.10. The van der Waals surface area contributed by atoms with Crippen molar-refractivity contribution in [1.82, 2.24) is 19.3 Å². The predicted octanol–water partition coefficient (Wildman–Crippen LogP) is -0.373. The Morgan fingerprint density at radius 1 is 1.44 bits per heavy atom. The molecule has 16 heavy (non-hydrogen) atoms. The smallest absolute Gasteiger partial charge is 0.314 e. The Hall–Kier alpha value is -2.11. The zero-order chi connectivity index (χ0) is 11.7. The molecule has 0 saturated carbocycles. The summed E-state index contributed by atoms with van der Waals surface area (Å²) in [6.45, 7) is 2.09. The summed E-state index contributed by atoms with van der Waals surface area (Å²) >= 11 is 0. The van der Waals surface area contributed by atoms with E-state index in [1.165, 1.54) is 12.3 Å². The lowest BCUT2D eigenvalue weighted by molar-refractivity contribution is 0.627. The lowest BCUT2D eigenvalue weighted by Crippen LogP contribution is -2.34. The van der Waals surface area contributed by atoms with Crippen molar-refractivity contribution < 1.29 is 0 Å². The van der Waals surface area contributed by atoms with E-state index in [1.54, 1.807) is 11.7 Å². The van der Waals surface area contributed by atoms with Crippen LogP contribution in [0.2, 0.25) is 0 Å². The molecule has 0 radical (unpaired) electrons. The van der Waals surface area contributed by atoms with E-state index < -0.39 is 5.69 Å². The van der Waals surface area contributed by atoms with Crippen molar-refractivity contribution in [2.24, 2.45) is 7.05 Å². The van der Waals surface area contributed by atoms with Crippen LogP contribution in [-0.2, 0) is 13.6 Å². The molecule has 2 heterocycles. The zero-order valence-electron chi connectivity index (χ0n) is 9.10. The van der Waals surface area contributed by atoms with Crippen LogP contribution in [0.1, 0.15) is 11.4 Å². The SMILES string of the molecule is Cc1cc(Cn2c(=O)cc[nH]c2=O)n(C)n1. The summed E-state index contributed by atoms with van der Waals surface area (Å²) in [7, 11) is 1.78. The van der Waals surface area contributed by atoms with E-state index in [1.807, 2.05) is 13.0 Å². The molecule has 0 aliphatic carbocycles. The first kappa shape index (κ1) is 10.4. The first-order valence-electron chi connectivity index (χ1n) is 4.86. The summed E-state index contributed by atoms with van der Waals surface area (Å²) < 4.78 is 2.80. The summed E-state index contributed by atoms with van der Waals surface area (Å²) in [5.74, 6) is 0. The highest BCUT2D eigenvalue weighted by Crippen LogP contribution is 2.01. The van der Waals surface area contributed by atoms with E-state index in [0.29, 0.717) is 0 Å². The molecule has 0 unspecified atom stereocenters. The normalized spacial score (nSPS) is 10.6. The summed E-state index contributed by atoms with van der Waals surface area (Å²) in [4.78, 5) is 25.4. The molecule has 0 atom stereocenters. The van der Waals surface area contributed by atoms with Crippen LogP contribution in [0.5, 0.6) is 0 Å². The molecule has 0 saturated heterocycles. The fourth-order valence-electron chi connectivity index (χ4n) is 1.58. The number of nitrogens with zero attached hydrogens (tertiary/aromatic N) is 3. The monoisotopic (exact) mass is 220 g/mol. The third-order valence-electron chi connectivity index (χ3n) is 2.36. The van der Waals surface area contributed by atoms with Gasteiger partial charge in [-0.05, 0) is 13.0 Å². The number of H-pyrrole nitrogens is 1. The van der Waals surface area contributed by atoms with Crippen molar-refractivity contribution >= 4 is 0 Å². The quantitative estimate of drug-likeness (QED) is 0.750. The van der Waals surface area contributed by atoms with E-state index in [0.717, 1.165) is 16.0 Å². The van der Waals surface area contributed by atoms with Gasteiger partial charge in [0.25, 0.3) is 5.56 Å². The van der Waals surface area contributed by atoms with E-state index >= 15 is 0 Å². The van der Waals surface area contributed by atoms with Crippen molar-refractivity contribution in [1.29, 1.82) is 0 Å². The number of hydrogen-bond acceptors (Lipinski definition) is 3. The van der Waals surface area contributed by atoms with Gasteiger partial charge >= 0.3 is 5.69 Å². The second-order valence-electron chi connectivity index (χ2n) is 3.61. The van der Waals surface area contributed by atoms with Gasteiger partial charge in [0, 0.05) is 19.3 Å². The molecule has 0 bridgehead atoms. The van der Waals surface area contributed by atoms with Gasteiger partial charge in [-0.3, -0.25) is 14.0 Å². The van der Waals surface area contributed by atoms with Crippen LogP contribution < -0.4 is 11.2 Å². The number of aromatic amines is 1. The van der Waals surface area contributed by atoms with Crippen LogP contribution in [0.15, 0.2) is 27.9 Å². The maximum Gasteiger partial charge on any atom is 0.328 e. The Labute approximate surface area is 91.2 Å². The maximum atomic E-state index is 11.5. The molecule has 1 N–H and O–H groups in total. The van der Waals surface area contributed by atoms with E-state index in [-0.39, 0.29) is 12.1 Å². The van der Waals surface area contributed by atoms with Gasteiger partial charge in [-0.25, -0.2) is 4.79 Å². The fourth-order valence-corrected chi connectivity index (χ4v) is 1.58. The molecule has 2 aromatic rings. The van der Waals surface area contributed by atoms with Crippen molar-refractivity contribution in [3.05, 3.63) is 50.6 Å². The van der Waals surface area contributed by atoms with Gasteiger partial charge in [0.1, 0.15) is 0 Å². The highest BCUT2D eigenvalue weighted by atomic mass is 16.2. The summed E-state index contributed by atoms with van der Waals surface area (Å²) in [5.41, 5.74) is 0.947. The van der Waals surface area contributed by atoms with Gasteiger partial charge in [-0.15, -0.1) is 0 Å². The third-order valence-corrected chi connectivity index (χ3v) is 2.36. The molecule has 0 aromatic carbocycles. The first-order valence-corrected chi connectivity index (χ1v) is 4.86. The average Bonchev–Trinajstić information content (AvgIpc) is 2.51. The molecule has 2 rings (SSSR count). The van der Waals surface area contributed by atoms with Gasteiger partial charge in [0.05, 0.1) is 17.9 Å². The second-order valence-corrected chi connectivity index (χ2v) is 3.61. The molecule has 6 nitrogen and oxygen atoms in total. The number of aromatic nitrogens is 4. The fraction of sp³-hybridized carbons (Fsp3) is 0.300. The van der Waals surface area contributed by atoms with Crippen LogP contribution in [-0.4, -0.2) is 19.3 Å². The summed E-state index contributed by atoms with van der Waals surface area (Å²) in [5, 5.41) is 4.16. The van der Waals surface area contributed by atoms with E-state index in [4.69, 9.17) is 0 Å². The lowest BCUT2D eigenvalue weighted by Gasteiger charge is -2.03. The Balaban J connectivity index is 2.45. The topological polar surface area (TPSA) is 72.7 Å². The molecular formula is C10H12N4O2. The molecule has 0 aliphatic rings. The van der Waals surface area contributed by atoms with E-state index in [2.05, 4.69) is 10.1 Å². The highest BCUT2D eigenvalue weighted by Gasteiger charge is 2.06. The summed E-state index contributed by atoms with van der Waals surface area (Å²) in [6.07, 6.45) is 1.34. The van der Waals surface area contributed by atoms with Gasteiger partial charge in [-0.1, -0.05) is 0 Å². The molecule has 0 fully saturated rings. The number of rotatable bonds is 2. The van der Waals surface area contributed by atoms with Crippen LogP contribution >= 0.6 is 0 Å². The van der Waals surface area contributed by atoms with Crippen molar-refractivity contribution in [2.75, 3.05) is 0 Å². The maximum absolute atomic E-state index is 11.5. The second kappa shape index (κ2) is 3.80. The van der Waals surface area contributed by atoms with Crippen LogP contribution in [0, 0.1) is 6.92 Å². The average molecular weight is 220 g/mol. The number of nitrogens with one attached hydrogen (secondary N) is 1. The van der Waals surface area contributed by atoms with Crippen molar-refractivity contribution in [3.63, 3.8) is 0 Å². The number of aryl methyl sites for hydroxylation is 2. The first-order chi connectivity index (χ1) is 7.58. The minimum atomic E-state index is -0.411. The highest BCUT2D eigenvalue weighted by molar-refractivity contribution is 5.09. The minimum absolute atomic E-state index is 0.229. The molecule has 0 spiro atoms. The van der Waals surface area contributed by atoms with Gasteiger partial charge in [0.15, 0.2) is 0 Å². The van der Waals surface area contributed by atoms with Crippen molar-refractivity contribution in [2.45, 2.75) is 13.5 Å². The largest absolute Gasteiger partial charge is 0.328 e. The van der Waals surface area contributed by atoms with Gasteiger partial charge < -0.3 is 4.98 Å². The molecule has 0 amide bonds. The van der Waals surface area contributed by atoms with Crippen LogP contribution in [0.25, 0.3) is 0 Å². The Morgan fingerprint density at radius 2 is 2.19 bits per heavy atom. The standard InChI is InChI=1S/C10H12N4O2/c1-7-5-8(13(2)12-7)6-14-9(15)3-4-11-10(14)16/h3-5H,6H2,1-2H3,(H,11,16). The van der Waals surface area contributed by atoms with Crippen LogP contribution in [0.4, 0.5) is 0 Å². The molecular weight excluding hydrogens is 208 g/mol. The van der Waals surface area contributed by atoms with Gasteiger partial charge in [0.2, 0.25) is 0 Å². The van der Waals surface area contributed by atoms with Crippen molar-refractivity contribution in [3.8, 4) is 0 Å².